The molecule has 0 saturated heterocycles. The van der Waals surface area contributed by atoms with E-state index in [-0.39, 0.29) is 18.4 Å². The molecule has 1 atom stereocenters. The Kier molecular flexibility index (Phi) is 6.15. The molecule has 7 nitrogen and oxygen atoms in total. The minimum atomic E-state index is -0.179. The van der Waals surface area contributed by atoms with Crippen LogP contribution in [0.3, 0.4) is 0 Å². The minimum Gasteiger partial charge on any atom is -0.372 e. The summed E-state index contributed by atoms with van der Waals surface area (Å²) in [6.45, 7) is 8.29. The summed E-state index contributed by atoms with van der Waals surface area (Å²) < 4.78 is 5.18. The van der Waals surface area contributed by atoms with Gasteiger partial charge in [-0.3, -0.25) is 14.7 Å². The summed E-state index contributed by atoms with van der Waals surface area (Å²) in [5.41, 5.74) is 2.17. The first-order chi connectivity index (χ1) is 11.1. The van der Waals surface area contributed by atoms with Crippen LogP contribution in [-0.2, 0) is 22.5 Å². The smallest absolute Gasteiger partial charge is 0.272 e. The van der Waals surface area contributed by atoms with Gasteiger partial charge in [-0.05, 0) is 12.8 Å². The molecule has 2 amide bonds. The second-order valence-electron chi connectivity index (χ2n) is 5.96. The van der Waals surface area contributed by atoms with Gasteiger partial charge in [-0.1, -0.05) is 20.3 Å². The van der Waals surface area contributed by atoms with Crippen molar-refractivity contribution in [2.24, 2.45) is 5.92 Å². The molecular formula is C16H26N4O3. The van der Waals surface area contributed by atoms with E-state index in [4.69, 9.17) is 4.74 Å². The number of aromatic amines is 1. The SMILES string of the molecule is CCOCC(=O)N1CCc2[nH]nc(C(=O)NCC(C)CC)c2C1. The topological polar surface area (TPSA) is 87.3 Å². The summed E-state index contributed by atoms with van der Waals surface area (Å²) in [6.07, 6.45) is 1.69. The summed E-state index contributed by atoms with van der Waals surface area (Å²) >= 11 is 0. The molecule has 1 aliphatic heterocycles. The standard InChI is InChI=1S/C16H26N4O3/c1-4-11(3)8-17-16(22)15-12-9-20(14(21)10-23-5-2)7-6-13(12)18-19-15/h11H,4-10H2,1-3H3,(H,17,22)(H,18,19). The number of nitrogens with zero attached hydrogens (tertiary/aromatic N) is 2. The normalized spacial score (nSPS) is 15.2. The number of carbonyl (C=O) groups excluding carboxylic acids is 2. The molecule has 0 fully saturated rings. The fourth-order valence-electron chi connectivity index (χ4n) is 2.47. The van der Waals surface area contributed by atoms with Gasteiger partial charge >= 0.3 is 0 Å². The lowest BCUT2D eigenvalue weighted by molar-refractivity contribution is -0.136. The van der Waals surface area contributed by atoms with E-state index in [2.05, 4.69) is 29.4 Å². The van der Waals surface area contributed by atoms with Gasteiger partial charge in [-0.25, -0.2) is 0 Å². The van der Waals surface area contributed by atoms with Crippen molar-refractivity contribution in [2.45, 2.75) is 40.2 Å². The molecule has 0 radical (unpaired) electrons. The van der Waals surface area contributed by atoms with Gasteiger partial charge in [0.05, 0.1) is 0 Å². The number of nitrogens with one attached hydrogen (secondary N) is 2. The Morgan fingerprint density at radius 1 is 1.43 bits per heavy atom. The number of aromatic nitrogens is 2. The third-order valence-electron chi connectivity index (χ3n) is 4.24. The van der Waals surface area contributed by atoms with Crippen molar-refractivity contribution in [1.82, 2.24) is 20.4 Å². The van der Waals surface area contributed by atoms with Crippen molar-refractivity contribution in [3.05, 3.63) is 17.0 Å². The predicted octanol–water partition coefficient (Wildman–Crippen LogP) is 1.11. The van der Waals surface area contributed by atoms with Gasteiger partial charge in [0.1, 0.15) is 6.61 Å². The second kappa shape index (κ2) is 8.10. The van der Waals surface area contributed by atoms with Crippen molar-refractivity contribution in [1.29, 1.82) is 0 Å². The molecule has 1 aromatic heterocycles. The Hall–Kier alpha value is -1.89. The first-order valence-corrected chi connectivity index (χ1v) is 8.26. The summed E-state index contributed by atoms with van der Waals surface area (Å²) in [5.74, 6) is 0.199. The second-order valence-corrected chi connectivity index (χ2v) is 5.96. The molecule has 23 heavy (non-hydrogen) atoms. The highest BCUT2D eigenvalue weighted by Crippen LogP contribution is 2.20. The number of carbonyl (C=O) groups is 2. The van der Waals surface area contributed by atoms with Crippen molar-refractivity contribution in [3.63, 3.8) is 0 Å². The predicted molar refractivity (Wildman–Crippen MR) is 86.0 cm³/mol. The van der Waals surface area contributed by atoms with E-state index in [0.717, 1.165) is 17.7 Å². The van der Waals surface area contributed by atoms with Crippen LogP contribution >= 0.6 is 0 Å². The molecule has 2 heterocycles. The largest absolute Gasteiger partial charge is 0.372 e. The molecule has 0 aliphatic carbocycles. The summed E-state index contributed by atoms with van der Waals surface area (Å²) in [5, 5.41) is 10.00. The van der Waals surface area contributed by atoms with Crippen LogP contribution in [-0.4, -0.2) is 53.2 Å². The van der Waals surface area contributed by atoms with Gasteiger partial charge in [0.15, 0.2) is 5.69 Å². The van der Waals surface area contributed by atoms with Crippen molar-refractivity contribution in [2.75, 3.05) is 26.3 Å². The molecule has 0 aromatic carbocycles. The van der Waals surface area contributed by atoms with Gasteiger partial charge in [-0.15, -0.1) is 0 Å². The maximum atomic E-state index is 12.3. The molecule has 0 bridgehead atoms. The Balaban J connectivity index is 2.02. The van der Waals surface area contributed by atoms with Gasteiger partial charge < -0.3 is 15.0 Å². The summed E-state index contributed by atoms with van der Waals surface area (Å²) in [4.78, 5) is 26.1. The number of rotatable bonds is 7. The van der Waals surface area contributed by atoms with Crippen LogP contribution in [0, 0.1) is 5.92 Å². The zero-order valence-corrected chi connectivity index (χ0v) is 14.1. The zero-order valence-electron chi connectivity index (χ0n) is 14.1. The maximum Gasteiger partial charge on any atom is 0.272 e. The number of H-pyrrole nitrogens is 1. The Bertz CT molecular complexity index is 556. The van der Waals surface area contributed by atoms with Gasteiger partial charge in [-0.2, -0.15) is 5.10 Å². The fraction of sp³-hybridized carbons (Fsp3) is 0.688. The first kappa shape index (κ1) is 17.5. The molecule has 128 valence electrons. The minimum absolute atomic E-state index is 0.0512. The van der Waals surface area contributed by atoms with Gasteiger partial charge in [0.2, 0.25) is 5.91 Å². The number of fused-ring (bicyclic) bond motifs is 1. The molecule has 1 aromatic rings. The van der Waals surface area contributed by atoms with Crippen LogP contribution < -0.4 is 5.32 Å². The van der Waals surface area contributed by atoms with E-state index in [0.29, 0.717) is 44.3 Å². The fourth-order valence-corrected chi connectivity index (χ4v) is 2.47. The number of hydrogen-bond donors (Lipinski definition) is 2. The average molecular weight is 322 g/mol. The van der Waals surface area contributed by atoms with E-state index in [1.807, 2.05) is 6.92 Å². The molecule has 0 spiro atoms. The quantitative estimate of drug-likeness (QED) is 0.787. The van der Waals surface area contributed by atoms with E-state index in [1.165, 1.54) is 0 Å². The molecule has 0 saturated carbocycles. The van der Waals surface area contributed by atoms with Crippen LogP contribution in [0.25, 0.3) is 0 Å². The highest BCUT2D eigenvalue weighted by Gasteiger charge is 2.27. The van der Waals surface area contributed by atoms with Crippen LogP contribution in [0.1, 0.15) is 48.9 Å². The highest BCUT2D eigenvalue weighted by atomic mass is 16.5. The van der Waals surface area contributed by atoms with E-state index >= 15 is 0 Å². The number of amides is 2. The number of hydrogen-bond acceptors (Lipinski definition) is 4. The lowest BCUT2D eigenvalue weighted by atomic mass is 10.0. The van der Waals surface area contributed by atoms with Crippen LogP contribution in [0.5, 0.6) is 0 Å². The van der Waals surface area contributed by atoms with Crippen molar-refractivity contribution >= 4 is 11.8 Å². The third kappa shape index (κ3) is 4.31. The monoisotopic (exact) mass is 322 g/mol. The average Bonchev–Trinajstić information content (AvgIpc) is 3.00. The van der Waals surface area contributed by atoms with Gasteiger partial charge in [0.25, 0.3) is 5.91 Å². The van der Waals surface area contributed by atoms with Crippen LogP contribution in [0.4, 0.5) is 0 Å². The maximum absolute atomic E-state index is 12.3. The Morgan fingerprint density at radius 2 is 2.22 bits per heavy atom. The Labute approximate surface area is 136 Å². The zero-order chi connectivity index (χ0) is 16.8. The molecule has 1 aliphatic rings. The molecule has 2 rings (SSSR count). The molecule has 7 heteroatoms. The molecule has 2 N–H and O–H groups in total. The number of ether oxygens (including phenoxy) is 1. The van der Waals surface area contributed by atoms with Crippen LogP contribution in [0.2, 0.25) is 0 Å². The lowest BCUT2D eigenvalue weighted by Gasteiger charge is -2.27. The highest BCUT2D eigenvalue weighted by molar-refractivity contribution is 5.94. The lowest BCUT2D eigenvalue weighted by Crippen LogP contribution is -2.39. The van der Waals surface area contributed by atoms with Crippen LogP contribution in [0.15, 0.2) is 0 Å². The first-order valence-electron chi connectivity index (χ1n) is 8.26. The molecular weight excluding hydrogens is 296 g/mol. The van der Waals surface area contributed by atoms with Crippen molar-refractivity contribution < 1.29 is 14.3 Å². The van der Waals surface area contributed by atoms with E-state index < -0.39 is 0 Å². The van der Waals surface area contributed by atoms with Gasteiger partial charge in [0, 0.05) is 43.9 Å². The third-order valence-corrected chi connectivity index (χ3v) is 4.24. The Morgan fingerprint density at radius 3 is 2.91 bits per heavy atom. The van der Waals surface area contributed by atoms with Crippen molar-refractivity contribution in [3.8, 4) is 0 Å². The van der Waals surface area contributed by atoms with E-state index in [1.54, 1.807) is 4.90 Å². The van der Waals surface area contributed by atoms with E-state index in [9.17, 15) is 9.59 Å². The molecule has 1 unspecified atom stereocenters. The summed E-state index contributed by atoms with van der Waals surface area (Å²) in [7, 11) is 0. The summed E-state index contributed by atoms with van der Waals surface area (Å²) in [6, 6.07) is 0.